The van der Waals surface area contributed by atoms with Gasteiger partial charge in [-0.15, -0.1) is 0 Å². The van der Waals surface area contributed by atoms with Crippen LogP contribution in [-0.2, 0) is 19.4 Å². The van der Waals surface area contributed by atoms with E-state index in [1.807, 2.05) is 35.5 Å². The number of pyridine rings is 2. The summed E-state index contributed by atoms with van der Waals surface area (Å²) in [6.45, 7) is 1.86. The van der Waals surface area contributed by atoms with Crippen LogP contribution in [0.2, 0.25) is 0 Å². The Balaban J connectivity index is 1.38. The Kier molecular flexibility index (Phi) is 3.82. The Hall–Kier alpha value is -2.96. The minimum atomic E-state index is -0.0381. The number of urea groups is 1. The average Bonchev–Trinajstić information content (AvgIpc) is 3.11. The number of rotatable bonds is 3. The normalized spacial score (nSPS) is 13.8. The van der Waals surface area contributed by atoms with Crippen LogP contribution < -0.4 is 5.32 Å². The molecule has 0 spiro atoms. The van der Waals surface area contributed by atoms with Crippen LogP contribution in [0.15, 0.2) is 36.8 Å². The van der Waals surface area contributed by atoms with Gasteiger partial charge in [0.05, 0.1) is 6.20 Å². The summed E-state index contributed by atoms with van der Waals surface area (Å²) in [6.07, 6.45) is 6.96. The highest BCUT2D eigenvalue weighted by atomic mass is 16.2. The van der Waals surface area contributed by atoms with Gasteiger partial charge in [0, 0.05) is 49.5 Å². The molecule has 0 fully saturated rings. The Labute approximate surface area is 139 Å². The van der Waals surface area contributed by atoms with E-state index in [1.165, 1.54) is 5.56 Å². The molecule has 1 aliphatic heterocycles. The fourth-order valence-electron chi connectivity index (χ4n) is 3.08. The fraction of sp³-hybridized carbons (Fsp3) is 0.294. The van der Waals surface area contributed by atoms with Gasteiger partial charge in [0.15, 0.2) is 5.65 Å². The molecule has 4 heterocycles. The number of nitrogens with zero attached hydrogens (tertiary/aromatic N) is 4. The Morgan fingerprint density at radius 1 is 1.29 bits per heavy atom. The monoisotopic (exact) mass is 322 g/mol. The van der Waals surface area contributed by atoms with Gasteiger partial charge in [-0.2, -0.15) is 5.10 Å². The van der Waals surface area contributed by atoms with Crippen molar-refractivity contribution < 1.29 is 4.79 Å². The van der Waals surface area contributed by atoms with Crippen LogP contribution in [-0.4, -0.2) is 44.2 Å². The van der Waals surface area contributed by atoms with Crippen molar-refractivity contribution in [3.8, 4) is 0 Å². The minimum Gasteiger partial charge on any atom is -0.338 e. The second-order valence-electron chi connectivity index (χ2n) is 5.87. The van der Waals surface area contributed by atoms with E-state index < -0.39 is 0 Å². The number of H-pyrrole nitrogens is 1. The lowest BCUT2D eigenvalue weighted by molar-refractivity contribution is 0.192. The number of carbonyl (C=O) groups is 1. The predicted octanol–water partition coefficient (Wildman–Crippen LogP) is 1.66. The molecule has 2 N–H and O–H groups in total. The lowest BCUT2D eigenvalue weighted by atomic mass is 9.99. The Morgan fingerprint density at radius 3 is 3.12 bits per heavy atom. The Morgan fingerprint density at radius 2 is 2.25 bits per heavy atom. The van der Waals surface area contributed by atoms with Crippen LogP contribution in [0.25, 0.3) is 11.0 Å². The lowest BCUT2D eigenvalue weighted by Crippen LogP contribution is -2.43. The maximum atomic E-state index is 12.4. The molecule has 0 bridgehead atoms. The predicted molar refractivity (Wildman–Crippen MR) is 89.3 cm³/mol. The van der Waals surface area contributed by atoms with Crippen molar-refractivity contribution >= 4 is 17.1 Å². The topological polar surface area (TPSA) is 86.8 Å². The van der Waals surface area contributed by atoms with E-state index in [1.54, 1.807) is 6.20 Å². The van der Waals surface area contributed by atoms with Gasteiger partial charge in [-0.05, 0) is 29.7 Å². The zero-order valence-corrected chi connectivity index (χ0v) is 13.2. The molecule has 0 aliphatic carbocycles. The summed E-state index contributed by atoms with van der Waals surface area (Å²) in [7, 11) is 0. The van der Waals surface area contributed by atoms with E-state index in [0.29, 0.717) is 19.6 Å². The van der Waals surface area contributed by atoms with Gasteiger partial charge in [0.2, 0.25) is 0 Å². The van der Waals surface area contributed by atoms with Crippen LogP contribution >= 0.6 is 0 Å². The van der Waals surface area contributed by atoms with Crippen LogP contribution in [0.3, 0.4) is 0 Å². The van der Waals surface area contributed by atoms with Gasteiger partial charge in [-0.25, -0.2) is 9.78 Å². The third-order valence-corrected chi connectivity index (χ3v) is 4.35. The molecule has 0 unspecified atom stereocenters. The summed E-state index contributed by atoms with van der Waals surface area (Å²) in [5.74, 6) is 0. The molecule has 1 aliphatic rings. The van der Waals surface area contributed by atoms with E-state index >= 15 is 0 Å². The summed E-state index contributed by atoms with van der Waals surface area (Å²) in [6, 6.07) is 5.77. The second kappa shape index (κ2) is 6.27. The molecule has 0 aromatic carbocycles. The maximum Gasteiger partial charge on any atom is 0.317 e. The highest BCUT2D eigenvalue weighted by molar-refractivity contribution is 5.80. The molecule has 122 valence electrons. The molecule has 7 heteroatoms. The van der Waals surface area contributed by atoms with Gasteiger partial charge in [0.25, 0.3) is 0 Å². The van der Waals surface area contributed by atoms with E-state index in [0.717, 1.165) is 35.1 Å². The molecule has 0 saturated heterocycles. The van der Waals surface area contributed by atoms with Crippen LogP contribution in [0, 0.1) is 0 Å². The zero-order chi connectivity index (χ0) is 16.4. The highest BCUT2D eigenvalue weighted by Gasteiger charge is 2.22. The van der Waals surface area contributed by atoms with Gasteiger partial charge in [0.1, 0.15) is 0 Å². The van der Waals surface area contributed by atoms with E-state index in [9.17, 15) is 4.79 Å². The van der Waals surface area contributed by atoms with Crippen molar-refractivity contribution in [1.29, 1.82) is 0 Å². The summed E-state index contributed by atoms with van der Waals surface area (Å²) in [5.41, 5.74) is 4.12. The van der Waals surface area contributed by atoms with Crippen molar-refractivity contribution in [3.63, 3.8) is 0 Å². The molecular formula is C17H18N6O. The summed E-state index contributed by atoms with van der Waals surface area (Å²) >= 11 is 0. The molecule has 7 nitrogen and oxygen atoms in total. The molecule has 3 aromatic heterocycles. The third kappa shape index (κ3) is 2.80. The lowest BCUT2D eigenvalue weighted by Gasteiger charge is -2.29. The van der Waals surface area contributed by atoms with E-state index in [-0.39, 0.29) is 6.03 Å². The average molecular weight is 322 g/mol. The van der Waals surface area contributed by atoms with Crippen LogP contribution in [0.1, 0.15) is 16.8 Å². The van der Waals surface area contributed by atoms with Gasteiger partial charge >= 0.3 is 6.03 Å². The molecule has 0 saturated carbocycles. The number of aromatic amines is 1. The minimum absolute atomic E-state index is 0.0381. The van der Waals surface area contributed by atoms with Crippen molar-refractivity contribution in [2.75, 3.05) is 13.1 Å². The number of aromatic nitrogens is 4. The number of hydrogen-bond donors (Lipinski definition) is 2. The SMILES string of the molecule is O=C(NCCc1ccccn1)N1CCc2c(cnc3[nH]ncc23)C1. The highest BCUT2D eigenvalue weighted by Crippen LogP contribution is 2.24. The largest absolute Gasteiger partial charge is 0.338 e. The molecule has 0 radical (unpaired) electrons. The standard InChI is InChI=1S/C17H18N6O/c24-17(19-7-4-13-3-1-2-6-18-13)23-8-5-14-12(11-23)9-20-16-15(14)10-21-22-16/h1-3,6,9-10H,4-5,7-8,11H2,(H,19,24)(H,20,21,22). The van der Waals surface area contributed by atoms with Crippen molar-refractivity contribution in [3.05, 3.63) is 53.6 Å². The third-order valence-electron chi connectivity index (χ3n) is 4.35. The van der Waals surface area contributed by atoms with Crippen molar-refractivity contribution in [2.24, 2.45) is 0 Å². The summed E-state index contributed by atoms with van der Waals surface area (Å²) < 4.78 is 0. The van der Waals surface area contributed by atoms with Gasteiger partial charge in [-0.1, -0.05) is 6.07 Å². The first-order valence-electron chi connectivity index (χ1n) is 8.04. The second-order valence-corrected chi connectivity index (χ2v) is 5.87. The summed E-state index contributed by atoms with van der Waals surface area (Å²) in [4.78, 5) is 22.8. The molecule has 4 rings (SSSR count). The van der Waals surface area contributed by atoms with Crippen LogP contribution in [0.4, 0.5) is 4.79 Å². The van der Waals surface area contributed by atoms with Crippen molar-refractivity contribution in [2.45, 2.75) is 19.4 Å². The summed E-state index contributed by atoms with van der Waals surface area (Å²) in [5, 5.41) is 11.0. The molecular weight excluding hydrogens is 304 g/mol. The number of nitrogens with one attached hydrogen (secondary N) is 2. The molecule has 2 amide bonds. The quantitative estimate of drug-likeness (QED) is 0.768. The smallest absolute Gasteiger partial charge is 0.317 e. The first-order valence-corrected chi connectivity index (χ1v) is 8.04. The van der Waals surface area contributed by atoms with Crippen LogP contribution in [0.5, 0.6) is 0 Å². The van der Waals surface area contributed by atoms with Gasteiger partial charge < -0.3 is 10.2 Å². The fourth-order valence-corrected chi connectivity index (χ4v) is 3.08. The number of fused-ring (bicyclic) bond motifs is 3. The number of carbonyl (C=O) groups excluding carboxylic acids is 1. The zero-order valence-electron chi connectivity index (χ0n) is 13.2. The molecule has 0 atom stereocenters. The van der Waals surface area contributed by atoms with Gasteiger partial charge in [-0.3, -0.25) is 10.1 Å². The molecule has 24 heavy (non-hydrogen) atoms. The number of hydrogen-bond acceptors (Lipinski definition) is 4. The first-order chi connectivity index (χ1) is 11.8. The molecule has 3 aromatic rings. The van der Waals surface area contributed by atoms with Crippen molar-refractivity contribution in [1.82, 2.24) is 30.4 Å². The number of amides is 2. The van der Waals surface area contributed by atoms with E-state index in [4.69, 9.17) is 0 Å². The Bertz CT molecular complexity index is 860. The first kappa shape index (κ1) is 14.6. The van der Waals surface area contributed by atoms with E-state index in [2.05, 4.69) is 25.5 Å². The maximum absolute atomic E-state index is 12.4.